The number of para-hydroxylation sites is 1. The molecular weight excluding hydrogens is 472 g/mol. The molecule has 0 saturated carbocycles. The van der Waals surface area contributed by atoms with Crippen LogP contribution in [0.25, 0.3) is 0 Å². The van der Waals surface area contributed by atoms with Gasteiger partial charge in [-0.25, -0.2) is 9.78 Å². The lowest BCUT2D eigenvalue weighted by Crippen LogP contribution is -2.25. The smallest absolute Gasteiger partial charge is 0.338 e. The molecule has 180 valence electrons. The Hall–Kier alpha value is -2.95. The van der Waals surface area contributed by atoms with Gasteiger partial charge in [0.15, 0.2) is 5.75 Å². The fraction of sp³-hybridized carbons (Fsp3) is 0.333. The predicted molar refractivity (Wildman–Crippen MR) is 136 cm³/mol. The molecule has 0 radical (unpaired) electrons. The first-order chi connectivity index (χ1) is 16.6. The van der Waals surface area contributed by atoms with Crippen LogP contribution in [0.3, 0.4) is 0 Å². The lowest BCUT2D eigenvalue weighted by atomic mass is 10.1. The molecule has 1 aromatic heterocycles. The largest absolute Gasteiger partial charge is 0.478 e. The normalized spacial score (nSPS) is 11.1. The maximum absolute atomic E-state index is 11.9. The summed E-state index contributed by atoms with van der Waals surface area (Å²) in [5.41, 5.74) is 1.29. The van der Waals surface area contributed by atoms with Crippen molar-refractivity contribution in [2.75, 3.05) is 18.0 Å². The highest BCUT2D eigenvalue weighted by atomic mass is 32.2. The van der Waals surface area contributed by atoms with Gasteiger partial charge in [-0.1, -0.05) is 56.2 Å². The third-order valence-corrected chi connectivity index (χ3v) is 6.38. The van der Waals surface area contributed by atoms with Gasteiger partial charge in [-0.3, -0.25) is 0 Å². The number of aromatic carboxylic acids is 1. The molecule has 3 rings (SSSR count). The van der Waals surface area contributed by atoms with Crippen molar-refractivity contribution in [2.45, 2.75) is 43.7 Å². The van der Waals surface area contributed by atoms with Gasteiger partial charge in [0, 0.05) is 18.8 Å². The Bertz CT molecular complexity index is 1070. The number of thiazole rings is 1. The summed E-state index contributed by atoms with van der Waals surface area (Å²) in [7, 11) is 0. The summed E-state index contributed by atoms with van der Waals surface area (Å²) in [6, 6.07) is 14.4. The number of rotatable bonds is 14. The number of aromatic nitrogens is 1. The SMILES string of the molecule is CCCCN(CCCC)c1ccc(N=Nc2ncc(SOOc3ccccc3)s2)c(C(=O)O)c1. The minimum atomic E-state index is -1.04. The van der Waals surface area contributed by atoms with Gasteiger partial charge in [-0.05, 0) is 43.2 Å². The van der Waals surface area contributed by atoms with Crippen LogP contribution in [0.2, 0.25) is 0 Å². The summed E-state index contributed by atoms with van der Waals surface area (Å²) in [5, 5.41) is 18.4. The van der Waals surface area contributed by atoms with E-state index in [1.54, 1.807) is 30.5 Å². The minimum Gasteiger partial charge on any atom is -0.478 e. The molecule has 0 aliphatic rings. The van der Waals surface area contributed by atoms with Crippen molar-refractivity contribution in [1.82, 2.24) is 4.98 Å². The van der Waals surface area contributed by atoms with E-state index in [9.17, 15) is 9.90 Å². The van der Waals surface area contributed by atoms with Gasteiger partial charge in [-0.15, -0.1) is 14.6 Å². The topological polar surface area (TPSA) is 96.6 Å². The Kier molecular flexibility index (Phi) is 10.3. The van der Waals surface area contributed by atoms with E-state index >= 15 is 0 Å². The number of carboxylic acids is 1. The first-order valence-corrected chi connectivity index (χ1v) is 12.7. The fourth-order valence-electron chi connectivity index (χ4n) is 3.05. The van der Waals surface area contributed by atoms with E-state index in [-0.39, 0.29) is 11.3 Å². The second-order valence-corrected chi connectivity index (χ2v) is 9.42. The Morgan fingerprint density at radius 2 is 1.82 bits per heavy atom. The first kappa shape index (κ1) is 25.7. The van der Waals surface area contributed by atoms with Gasteiger partial charge in [0.05, 0.1) is 23.8 Å². The molecule has 8 nitrogen and oxygen atoms in total. The summed E-state index contributed by atoms with van der Waals surface area (Å²) in [5.74, 6) is -0.449. The van der Waals surface area contributed by atoms with Gasteiger partial charge in [0.2, 0.25) is 5.13 Å². The molecule has 0 aliphatic carbocycles. The fourth-order valence-corrected chi connectivity index (χ4v) is 4.24. The Balaban J connectivity index is 1.67. The molecule has 0 amide bonds. The van der Waals surface area contributed by atoms with Crippen LogP contribution in [0, 0.1) is 0 Å². The minimum absolute atomic E-state index is 0.116. The number of azo groups is 1. The molecule has 10 heteroatoms. The standard InChI is InChI=1S/C24H28N4O4S2/c1-3-5-14-28(15-6-4-2)18-12-13-21(20(16-18)23(29)30)26-27-24-25-17-22(33-24)34-32-31-19-10-8-7-9-11-19/h7-13,16-17H,3-6,14-15H2,1-2H3,(H,29,30). The van der Waals surface area contributed by atoms with Crippen LogP contribution in [-0.4, -0.2) is 29.1 Å². The van der Waals surface area contributed by atoms with Gasteiger partial charge in [0.1, 0.15) is 9.90 Å². The van der Waals surface area contributed by atoms with Gasteiger partial charge in [0.25, 0.3) is 0 Å². The molecule has 0 fully saturated rings. The van der Waals surface area contributed by atoms with Crippen molar-refractivity contribution in [3.05, 3.63) is 60.3 Å². The molecule has 0 atom stereocenters. The van der Waals surface area contributed by atoms with E-state index in [0.29, 0.717) is 10.9 Å². The number of anilines is 1. The molecule has 0 unspecified atom stereocenters. The number of benzene rings is 2. The van der Waals surface area contributed by atoms with Crippen LogP contribution < -0.4 is 9.79 Å². The van der Waals surface area contributed by atoms with E-state index < -0.39 is 5.97 Å². The van der Waals surface area contributed by atoms with Crippen molar-refractivity contribution in [2.24, 2.45) is 10.2 Å². The van der Waals surface area contributed by atoms with E-state index in [1.807, 2.05) is 24.3 Å². The van der Waals surface area contributed by atoms with Gasteiger partial charge in [-0.2, -0.15) is 0 Å². The second kappa shape index (κ2) is 13.7. The van der Waals surface area contributed by atoms with Gasteiger partial charge >= 0.3 is 5.97 Å². The third kappa shape index (κ3) is 7.82. The van der Waals surface area contributed by atoms with Crippen LogP contribution in [0.1, 0.15) is 49.9 Å². The quantitative estimate of drug-likeness (QED) is 0.105. The van der Waals surface area contributed by atoms with E-state index in [1.165, 1.54) is 11.3 Å². The predicted octanol–water partition coefficient (Wildman–Crippen LogP) is 7.68. The summed E-state index contributed by atoms with van der Waals surface area (Å²) in [6.07, 6.45) is 5.87. The van der Waals surface area contributed by atoms with Crippen LogP contribution >= 0.6 is 23.4 Å². The Morgan fingerprint density at radius 3 is 2.50 bits per heavy atom. The molecule has 2 aromatic carbocycles. The number of carbonyl (C=O) groups is 1. The van der Waals surface area contributed by atoms with Crippen molar-refractivity contribution >= 4 is 45.9 Å². The first-order valence-electron chi connectivity index (χ1n) is 11.2. The maximum atomic E-state index is 11.9. The van der Waals surface area contributed by atoms with Crippen molar-refractivity contribution < 1.29 is 19.1 Å². The summed E-state index contributed by atoms with van der Waals surface area (Å²) < 4.78 is 5.88. The zero-order valence-electron chi connectivity index (χ0n) is 19.2. The highest BCUT2D eigenvalue weighted by Crippen LogP contribution is 2.33. The van der Waals surface area contributed by atoms with Crippen molar-refractivity contribution in [3.8, 4) is 5.75 Å². The molecule has 0 bridgehead atoms. The molecule has 0 spiro atoms. The monoisotopic (exact) mass is 500 g/mol. The molecule has 34 heavy (non-hydrogen) atoms. The van der Waals surface area contributed by atoms with Gasteiger partial charge < -0.3 is 14.9 Å². The Labute approximate surface area is 207 Å². The van der Waals surface area contributed by atoms with E-state index in [2.05, 4.69) is 34.0 Å². The average molecular weight is 501 g/mol. The number of hydrogen-bond acceptors (Lipinski definition) is 9. The van der Waals surface area contributed by atoms with Crippen LogP contribution in [0.15, 0.2) is 69.2 Å². The molecule has 0 aliphatic heterocycles. The highest BCUT2D eigenvalue weighted by molar-refractivity contribution is 7.96. The molecule has 1 N–H and O–H groups in total. The third-order valence-electron chi connectivity index (χ3n) is 4.84. The lowest BCUT2D eigenvalue weighted by molar-refractivity contribution is -0.0775. The van der Waals surface area contributed by atoms with E-state index in [4.69, 9.17) is 9.22 Å². The number of unbranched alkanes of at least 4 members (excludes halogenated alkanes) is 2. The lowest BCUT2D eigenvalue weighted by Gasteiger charge is -2.25. The van der Waals surface area contributed by atoms with Crippen LogP contribution in [-0.2, 0) is 4.33 Å². The highest BCUT2D eigenvalue weighted by Gasteiger charge is 2.15. The van der Waals surface area contributed by atoms with Crippen LogP contribution in [0.4, 0.5) is 16.5 Å². The number of carboxylic acid groups (broad SMARTS) is 1. The zero-order valence-corrected chi connectivity index (χ0v) is 20.8. The number of nitrogens with zero attached hydrogens (tertiary/aromatic N) is 4. The summed E-state index contributed by atoms with van der Waals surface area (Å²) >= 11 is 2.27. The second-order valence-electron chi connectivity index (χ2n) is 7.41. The van der Waals surface area contributed by atoms with Crippen LogP contribution in [0.5, 0.6) is 5.75 Å². The summed E-state index contributed by atoms with van der Waals surface area (Å²) in [4.78, 5) is 23.5. The average Bonchev–Trinajstić information content (AvgIpc) is 3.31. The molecular formula is C24H28N4O4S2. The molecule has 0 saturated heterocycles. The van der Waals surface area contributed by atoms with Crippen molar-refractivity contribution in [1.29, 1.82) is 0 Å². The molecule has 1 heterocycles. The Morgan fingerprint density at radius 1 is 1.09 bits per heavy atom. The molecule has 3 aromatic rings. The zero-order chi connectivity index (χ0) is 24.2. The number of hydrogen-bond donors (Lipinski definition) is 1. The van der Waals surface area contributed by atoms with E-state index in [0.717, 1.165) is 60.7 Å². The van der Waals surface area contributed by atoms with Crippen molar-refractivity contribution in [3.63, 3.8) is 0 Å². The summed E-state index contributed by atoms with van der Waals surface area (Å²) in [6.45, 7) is 6.09. The maximum Gasteiger partial charge on any atom is 0.338 e.